The van der Waals surface area contributed by atoms with Gasteiger partial charge < -0.3 is 10.1 Å². The molecule has 3 nitrogen and oxygen atoms in total. The first-order valence-electron chi connectivity index (χ1n) is 7.48. The molecule has 3 heteroatoms. The van der Waals surface area contributed by atoms with E-state index < -0.39 is 18.9 Å². The number of piperidine rings is 1. The van der Waals surface area contributed by atoms with Crippen molar-refractivity contribution in [1.82, 2.24) is 5.32 Å². The second-order valence-corrected chi connectivity index (χ2v) is 4.37. The van der Waals surface area contributed by atoms with E-state index in [0.29, 0.717) is 0 Å². The number of carbonyl (C=O) groups is 1. The first kappa shape index (κ1) is 8.70. The van der Waals surface area contributed by atoms with Crippen molar-refractivity contribution in [1.29, 1.82) is 0 Å². The van der Waals surface area contributed by atoms with Crippen LogP contribution in [0.25, 0.3) is 0 Å². The Labute approximate surface area is 106 Å². The molecule has 0 bridgehead atoms. The van der Waals surface area contributed by atoms with Crippen LogP contribution in [0.2, 0.25) is 0 Å². The lowest BCUT2D eigenvalue weighted by atomic mass is 9.86. The molecule has 17 heavy (non-hydrogen) atoms. The maximum Gasteiger partial charge on any atom is 0.314 e. The Kier molecular flexibility index (Phi) is 2.98. The van der Waals surface area contributed by atoms with Crippen molar-refractivity contribution in [3.05, 3.63) is 35.9 Å². The predicted molar refractivity (Wildman–Crippen MR) is 66.8 cm³/mol. The van der Waals surface area contributed by atoms with E-state index in [1.54, 1.807) is 0 Å². The molecule has 0 saturated carbocycles. The van der Waals surface area contributed by atoms with Gasteiger partial charge >= 0.3 is 5.97 Å². The summed E-state index contributed by atoms with van der Waals surface area (Å²) in [5.41, 5.74) is 0.793. The minimum Gasteiger partial charge on any atom is -0.469 e. The minimum absolute atomic E-state index is 0.0685. The maximum atomic E-state index is 12.2. The maximum absolute atomic E-state index is 12.2. The normalized spacial score (nSPS) is 25.2. The lowest BCUT2D eigenvalue weighted by molar-refractivity contribution is -0.143. The minimum atomic E-state index is -2.70. The van der Waals surface area contributed by atoms with Gasteiger partial charge in [-0.15, -0.1) is 0 Å². The van der Waals surface area contributed by atoms with Gasteiger partial charge in [0.25, 0.3) is 0 Å². The van der Waals surface area contributed by atoms with Crippen LogP contribution in [-0.2, 0) is 9.53 Å². The highest BCUT2D eigenvalue weighted by Gasteiger charge is 2.31. The molecule has 1 heterocycles. The van der Waals surface area contributed by atoms with Crippen LogP contribution in [0.4, 0.5) is 0 Å². The molecule has 1 aromatic carbocycles. The van der Waals surface area contributed by atoms with Crippen LogP contribution in [0.3, 0.4) is 0 Å². The summed E-state index contributed by atoms with van der Waals surface area (Å²) in [6.07, 6.45) is 2.95. The van der Waals surface area contributed by atoms with E-state index >= 15 is 0 Å². The average molecular weight is 237 g/mol. The van der Waals surface area contributed by atoms with Gasteiger partial charge in [0.1, 0.15) is 0 Å². The Hall–Kier alpha value is -1.35. The molecule has 2 rings (SSSR count). The molecule has 92 valence electrons. The van der Waals surface area contributed by atoms with Crippen molar-refractivity contribution in [2.24, 2.45) is 0 Å². The molecule has 2 atom stereocenters. The van der Waals surface area contributed by atoms with E-state index in [9.17, 15) is 4.79 Å². The van der Waals surface area contributed by atoms with E-state index in [0.717, 1.165) is 31.4 Å². The van der Waals surface area contributed by atoms with E-state index in [-0.39, 0.29) is 6.04 Å². The summed E-state index contributed by atoms with van der Waals surface area (Å²) >= 11 is 0. The van der Waals surface area contributed by atoms with Crippen LogP contribution >= 0.6 is 0 Å². The zero-order valence-corrected chi connectivity index (χ0v) is 9.69. The molecule has 0 spiro atoms. The van der Waals surface area contributed by atoms with Gasteiger partial charge in [0.15, 0.2) is 0 Å². The number of rotatable bonds is 3. The van der Waals surface area contributed by atoms with E-state index in [1.165, 1.54) is 0 Å². The molecule has 1 saturated heterocycles. The Morgan fingerprint density at radius 1 is 1.47 bits per heavy atom. The van der Waals surface area contributed by atoms with E-state index in [2.05, 4.69) is 10.1 Å². The van der Waals surface area contributed by atoms with Crippen LogP contribution in [-0.4, -0.2) is 25.6 Å². The van der Waals surface area contributed by atoms with Crippen LogP contribution in [0.15, 0.2) is 30.3 Å². The second-order valence-electron chi connectivity index (χ2n) is 4.37. The fourth-order valence-electron chi connectivity index (χ4n) is 2.42. The third kappa shape index (κ3) is 2.86. The smallest absolute Gasteiger partial charge is 0.314 e. The van der Waals surface area contributed by atoms with Gasteiger partial charge in [-0.25, -0.2) is 0 Å². The topological polar surface area (TPSA) is 38.3 Å². The number of ether oxygens (including phenoxy) is 1. The summed E-state index contributed by atoms with van der Waals surface area (Å²) in [6.45, 7) is 0.842. The van der Waals surface area contributed by atoms with Crippen molar-refractivity contribution >= 4 is 5.97 Å². The Morgan fingerprint density at radius 3 is 2.94 bits per heavy atom. The predicted octanol–water partition coefficient (Wildman–Crippen LogP) is 2.09. The first-order valence-corrected chi connectivity index (χ1v) is 5.98. The van der Waals surface area contributed by atoms with Gasteiger partial charge in [0, 0.05) is 6.04 Å². The molecule has 1 fully saturated rings. The van der Waals surface area contributed by atoms with E-state index in [1.807, 2.05) is 30.3 Å². The molecule has 1 aromatic rings. The van der Waals surface area contributed by atoms with Gasteiger partial charge in [-0.1, -0.05) is 36.8 Å². The number of benzene rings is 1. The fraction of sp³-hybridized carbons (Fsp3) is 0.500. The second kappa shape index (κ2) is 5.82. The highest BCUT2D eigenvalue weighted by Crippen LogP contribution is 2.26. The van der Waals surface area contributed by atoms with Crippen LogP contribution in [0.5, 0.6) is 0 Å². The molecule has 0 aromatic heterocycles. The highest BCUT2D eigenvalue weighted by atomic mass is 16.6. The van der Waals surface area contributed by atoms with Crippen LogP contribution in [0.1, 0.15) is 34.9 Å². The monoisotopic (exact) mass is 237 g/mol. The lowest BCUT2D eigenvalue weighted by Gasteiger charge is -2.29. The number of nitrogens with one attached hydrogen (secondary N) is 1. The third-order valence-electron chi connectivity index (χ3n) is 3.26. The van der Waals surface area contributed by atoms with Gasteiger partial charge in [0.05, 0.1) is 17.1 Å². The highest BCUT2D eigenvalue weighted by molar-refractivity contribution is 5.79. The number of hydrogen-bond acceptors (Lipinski definition) is 3. The van der Waals surface area contributed by atoms with Gasteiger partial charge in [-0.05, 0) is 24.9 Å². The molecule has 1 aliphatic rings. The first-order chi connectivity index (χ1) is 9.47. The third-order valence-corrected chi connectivity index (χ3v) is 3.26. The largest absolute Gasteiger partial charge is 0.469 e. The van der Waals surface area contributed by atoms with Crippen molar-refractivity contribution in [2.75, 3.05) is 13.6 Å². The summed E-state index contributed by atoms with van der Waals surface area (Å²) in [5.74, 6) is -1.26. The van der Waals surface area contributed by atoms with E-state index in [4.69, 9.17) is 4.11 Å². The van der Waals surface area contributed by atoms with Crippen molar-refractivity contribution in [2.45, 2.75) is 31.2 Å². The van der Waals surface area contributed by atoms with Crippen LogP contribution in [0, 0.1) is 0 Å². The van der Waals surface area contributed by atoms with Crippen molar-refractivity contribution < 1.29 is 13.6 Å². The van der Waals surface area contributed by atoms with Crippen LogP contribution < -0.4 is 5.32 Å². The fourth-order valence-corrected chi connectivity index (χ4v) is 2.42. The molecule has 1 N–H and O–H groups in total. The quantitative estimate of drug-likeness (QED) is 0.646. The van der Waals surface area contributed by atoms with Gasteiger partial charge in [-0.2, -0.15) is 0 Å². The summed E-state index contributed by atoms with van der Waals surface area (Å²) in [7, 11) is -2.70. The summed E-state index contributed by atoms with van der Waals surface area (Å²) in [4.78, 5) is 12.2. The Balaban J connectivity index is 2.22. The lowest BCUT2D eigenvalue weighted by Crippen LogP contribution is -2.42. The molecule has 0 aliphatic carbocycles. The summed E-state index contributed by atoms with van der Waals surface area (Å²) < 4.78 is 25.9. The molecular weight excluding hydrogens is 215 g/mol. The summed E-state index contributed by atoms with van der Waals surface area (Å²) in [6, 6.07) is 9.15. The van der Waals surface area contributed by atoms with Crippen molar-refractivity contribution in [3.8, 4) is 0 Å². The Bertz CT molecular complexity index is 441. The number of carbonyl (C=O) groups excluding carboxylic acids is 1. The average Bonchev–Trinajstić information content (AvgIpc) is 2.39. The molecular formula is C14H19NO2. The zero-order chi connectivity index (χ0) is 14.6. The molecule has 1 aliphatic heterocycles. The van der Waals surface area contributed by atoms with Gasteiger partial charge in [-0.3, -0.25) is 4.79 Å². The zero-order valence-electron chi connectivity index (χ0n) is 12.7. The molecule has 0 radical (unpaired) electrons. The Morgan fingerprint density at radius 2 is 2.29 bits per heavy atom. The number of esters is 1. The SMILES string of the molecule is [2H][13C]([2H])([2H])OC(=O)[C@@H](c1ccccc1)[C@H]1CCCCN1. The molecule has 0 unspecified atom stereocenters. The summed E-state index contributed by atoms with van der Waals surface area (Å²) in [5, 5.41) is 3.30. The van der Waals surface area contributed by atoms with Gasteiger partial charge in [0.2, 0.25) is 0 Å². The molecule has 0 amide bonds. The number of hydrogen-bond donors (Lipinski definition) is 1. The number of methoxy groups -OCH3 is 1. The van der Waals surface area contributed by atoms with Crippen molar-refractivity contribution in [3.63, 3.8) is 0 Å². The standard InChI is InChI=1S/C14H19NO2/c1-17-14(16)13(11-7-3-2-4-8-11)12-9-5-6-10-15-12/h2-4,7-8,12-13,15H,5-6,9-10H2,1H3/t12-,13+/m1/s1/i1+1D3.